The molecule has 1 fully saturated rings. The van der Waals surface area contributed by atoms with Gasteiger partial charge in [0.15, 0.2) is 0 Å². The number of nitrogens with zero attached hydrogens (tertiary/aromatic N) is 1. The summed E-state index contributed by atoms with van der Waals surface area (Å²) in [5.74, 6) is -0.609. The van der Waals surface area contributed by atoms with Crippen LogP contribution in [0, 0.1) is 0 Å². The van der Waals surface area contributed by atoms with Crippen molar-refractivity contribution in [3.63, 3.8) is 0 Å². The van der Waals surface area contributed by atoms with Crippen LogP contribution in [0.5, 0.6) is 0 Å². The molecule has 0 aromatic heterocycles. The highest BCUT2D eigenvalue weighted by molar-refractivity contribution is 7.89. The van der Waals surface area contributed by atoms with Crippen LogP contribution in [0.25, 0.3) is 0 Å². The predicted molar refractivity (Wildman–Crippen MR) is 114 cm³/mol. The average Bonchev–Trinajstić information content (AvgIpc) is 2.68. The van der Waals surface area contributed by atoms with Gasteiger partial charge in [0.1, 0.15) is 4.90 Å². The minimum Gasteiger partial charge on any atom is -0.379 e. The molecule has 0 spiro atoms. The lowest BCUT2D eigenvalue weighted by molar-refractivity contribution is 0.0730. The Bertz CT molecular complexity index is 1020. The molecule has 1 aliphatic rings. The fraction of sp³-hybridized carbons (Fsp3) is 0.235. The number of halogens is 4. The number of morpholine rings is 1. The number of hydrogen-bond donors (Lipinski definition) is 2. The van der Waals surface area contributed by atoms with E-state index in [1.165, 1.54) is 34.6 Å². The van der Waals surface area contributed by atoms with Gasteiger partial charge in [0, 0.05) is 23.7 Å². The summed E-state index contributed by atoms with van der Waals surface area (Å²) < 4.78 is 32.2. The Morgan fingerprint density at radius 1 is 0.966 bits per heavy atom. The van der Waals surface area contributed by atoms with Crippen LogP contribution in [-0.4, -0.2) is 44.9 Å². The van der Waals surface area contributed by atoms with Crippen LogP contribution in [0.1, 0.15) is 10.4 Å². The van der Waals surface area contributed by atoms with E-state index in [2.05, 4.69) is 10.9 Å². The number of carbonyl (C=O) groups is 1. The molecule has 0 bridgehead atoms. The van der Waals surface area contributed by atoms with Gasteiger partial charge >= 0.3 is 0 Å². The summed E-state index contributed by atoms with van der Waals surface area (Å²) in [5, 5.41) is 0.765. The first-order chi connectivity index (χ1) is 13.7. The van der Waals surface area contributed by atoms with Crippen molar-refractivity contribution in [1.29, 1.82) is 0 Å². The highest BCUT2D eigenvalue weighted by Gasteiger charge is 2.29. The topological polar surface area (TPSA) is 87.7 Å². The third kappa shape index (κ3) is 5.08. The standard InChI is InChI=1S/C17H15Cl4N3O4S/c18-11-8-13(20)16(14(21)9-11)22-23-17(25)10-1-2-12(19)15(7-10)29(26,27)24-3-5-28-6-4-24/h1-2,7-9,22H,3-6H2,(H,23,25). The van der Waals surface area contributed by atoms with Crippen molar-refractivity contribution < 1.29 is 17.9 Å². The number of rotatable bonds is 5. The van der Waals surface area contributed by atoms with Crippen molar-refractivity contribution >= 4 is 68.0 Å². The Hall–Kier alpha value is -1.26. The number of anilines is 1. The van der Waals surface area contributed by atoms with E-state index in [-0.39, 0.29) is 44.3 Å². The number of carbonyl (C=O) groups excluding carboxylic acids is 1. The molecule has 1 aliphatic heterocycles. The summed E-state index contributed by atoms with van der Waals surface area (Å²) >= 11 is 24.1. The van der Waals surface area contributed by atoms with Gasteiger partial charge in [0.05, 0.1) is 34.0 Å². The third-order valence-electron chi connectivity index (χ3n) is 4.09. The van der Waals surface area contributed by atoms with Gasteiger partial charge in [-0.05, 0) is 30.3 Å². The Kier molecular flexibility index (Phi) is 7.16. The van der Waals surface area contributed by atoms with Crippen molar-refractivity contribution in [3.8, 4) is 0 Å². The molecule has 156 valence electrons. The summed E-state index contributed by atoms with van der Waals surface area (Å²) in [6.45, 7) is 1.02. The molecule has 29 heavy (non-hydrogen) atoms. The molecule has 1 saturated heterocycles. The van der Waals surface area contributed by atoms with Crippen LogP contribution >= 0.6 is 46.4 Å². The minimum atomic E-state index is -3.87. The van der Waals surface area contributed by atoms with E-state index < -0.39 is 15.9 Å². The van der Waals surface area contributed by atoms with Crippen molar-refractivity contribution in [3.05, 3.63) is 56.0 Å². The van der Waals surface area contributed by atoms with Crippen molar-refractivity contribution in [2.75, 3.05) is 31.7 Å². The number of sulfonamides is 1. The van der Waals surface area contributed by atoms with Crippen molar-refractivity contribution in [2.24, 2.45) is 0 Å². The highest BCUT2D eigenvalue weighted by atomic mass is 35.5. The van der Waals surface area contributed by atoms with E-state index >= 15 is 0 Å². The first kappa shape index (κ1) is 22.4. The number of hydrogen-bond acceptors (Lipinski definition) is 5. The largest absolute Gasteiger partial charge is 0.379 e. The molecule has 1 amide bonds. The summed E-state index contributed by atoms with van der Waals surface area (Å²) in [6.07, 6.45) is 0. The molecule has 12 heteroatoms. The Balaban J connectivity index is 1.81. The van der Waals surface area contributed by atoms with E-state index in [1.54, 1.807) is 0 Å². The van der Waals surface area contributed by atoms with Gasteiger partial charge in [0.25, 0.3) is 5.91 Å². The number of ether oxygens (including phenoxy) is 1. The second kappa shape index (κ2) is 9.26. The van der Waals surface area contributed by atoms with E-state index in [0.717, 1.165) is 0 Å². The second-order valence-electron chi connectivity index (χ2n) is 5.99. The van der Waals surface area contributed by atoms with Gasteiger partial charge in [-0.1, -0.05) is 46.4 Å². The van der Waals surface area contributed by atoms with Gasteiger partial charge in [-0.15, -0.1) is 0 Å². The van der Waals surface area contributed by atoms with Gasteiger partial charge in [0.2, 0.25) is 10.0 Å². The van der Waals surface area contributed by atoms with Crippen molar-refractivity contribution in [1.82, 2.24) is 9.73 Å². The Labute approximate surface area is 187 Å². The number of nitrogens with one attached hydrogen (secondary N) is 2. The van der Waals surface area contributed by atoms with Crippen LogP contribution in [0.2, 0.25) is 20.1 Å². The quantitative estimate of drug-likeness (QED) is 0.606. The predicted octanol–water partition coefficient (Wildman–Crippen LogP) is 4.08. The summed E-state index contributed by atoms with van der Waals surface area (Å²) in [7, 11) is -3.87. The SMILES string of the molecule is O=C(NNc1c(Cl)cc(Cl)cc1Cl)c1ccc(Cl)c(S(=O)(=O)N2CCOCC2)c1. The van der Waals surface area contributed by atoms with E-state index in [9.17, 15) is 13.2 Å². The zero-order valence-corrected chi connectivity index (χ0v) is 18.6. The van der Waals surface area contributed by atoms with Crippen LogP contribution in [0.3, 0.4) is 0 Å². The molecular formula is C17H15Cl4N3O4S. The summed E-state index contributed by atoms with van der Waals surface area (Å²) in [5.41, 5.74) is 5.36. The molecule has 2 aromatic carbocycles. The second-order valence-corrected chi connectivity index (χ2v) is 9.55. The zero-order chi connectivity index (χ0) is 21.2. The molecular weight excluding hydrogens is 484 g/mol. The smallest absolute Gasteiger partial charge is 0.269 e. The monoisotopic (exact) mass is 497 g/mol. The summed E-state index contributed by atoms with van der Waals surface area (Å²) in [6, 6.07) is 6.89. The average molecular weight is 499 g/mol. The van der Waals surface area contributed by atoms with Gasteiger partial charge < -0.3 is 4.74 Å². The lowest BCUT2D eigenvalue weighted by atomic mass is 10.2. The molecule has 7 nitrogen and oxygen atoms in total. The Morgan fingerprint density at radius 3 is 2.21 bits per heavy atom. The molecule has 2 N–H and O–H groups in total. The molecule has 0 saturated carbocycles. The summed E-state index contributed by atoms with van der Waals surface area (Å²) in [4.78, 5) is 12.4. The van der Waals surface area contributed by atoms with E-state index in [1.807, 2.05) is 0 Å². The third-order valence-corrected chi connectivity index (χ3v) is 7.28. The molecule has 0 aliphatic carbocycles. The van der Waals surface area contributed by atoms with Crippen LogP contribution < -0.4 is 10.9 Å². The number of hydrazine groups is 1. The number of benzene rings is 2. The molecule has 2 aromatic rings. The highest BCUT2D eigenvalue weighted by Crippen LogP contribution is 2.33. The maximum absolute atomic E-state index is 12.9. The fourth-order valence-electron chi connectivity index (χ4n) is 2.62. The molecule has 0 atom stereocenters. The van der Waals surface area contributed by atoms with Gasteiger partial charge in [-0.2, -0.15) is 4.31 Å². The van der Waals surface area contributed by atoms with Crippen LogP contribution in [-0.2, 0) is 14.8 Å². The Morgan fingerprint density at radius 2 is 1.59 bits per heavy atom. The lowest BCUT2D eigenvalue weighted by Crippen LogP contribution is -2.40. The molecule has 0 unspecified atom stereocenters. The maximum atomic E-state index is 12.9. The van der Waals surface area contributed by atoms with Crippen molar-refractivity contribution in [2.45, 2.75) is 4.90 Å². The first-order valence-electron chi connectivity index (χ1n) is 8.28. The maximum Gasteiger partial charge on any atom is 0.269 e. The molecule has 1 heterocycles. The first-order valence-corrected chi connectivity index (χ1v) is 11.2. The van der Waals surface area contributed by atoms with Crippen LogP contribution in [0.4, 0.5) is 5.69 Å². The zero-order valence-electron chi connectivity index (χ0n) is 14.7. The lowest BCUT2D eigenvalue weighted by Gasteiger charge is -2.26. The molecule has 3 rings (SSSR count). The van der Waals surface area contributed by atoms with Gasteiger partial charge in [-0.3, -0.25) is 15.6 Å². The number of amides is 1. The van der Waals surface area contributed by atoms with E-state index in [4.69, 9.17) is 51.1 Å². The molecule has 0 radical (unpaired) electrons. The minimum absolute atomic E-state index is 0.0183. The van der Waals surface area contributed by atoms with Gasteiger partial charge in [-0.25, -0.2) is 8.42 Å². The normalized spacial score (nSPS) is 15.2. The van der Waals surface area contributed by atoms with Crippen LogP contribution in [0.15, 0.2) is 35.2 Å². The van der Waals surface area contributed by atoms with E-state index in [0.29, 0.717) is 18.2 Å². The fourth-order valence-corrected chi connectivity index (χ4v) is 5.44.